The summed E-state index contributed by atoms with van der Waals surface area (Å²) >= 11 is 5.46. The molecule has 2 rings (SSSR count). The van der Waals surface area contributed by atoms with Gasteiger partial charge in [-0.3, -0.25) is 4.72 Å². The molecule has 0 aromatic heterocycles. The minimum atomic E-state index is -4.77. The first-order chi connectivity index (χ1) is 10.6. The number of hydrogen-bond acceptors (Lipinski definition) is 3. The lowest BCUT2D eigenvalue weighted by molar-refractivity contribution is -0.137. The topological polar surface area (TPSA) is 70.0 Å². The Kier molecular flexibility index (Phi) is 4.54. The average molecular weight is 361 g/mol. The number of sulfonamides is 1. The van der Waals surface area contributed by atoms with Crippen molar-refractivity contribution in [3.05, 3.63) is 58.6 Å². The molecule has 0 radical (unpaired) electrons. The van der Waals surface area contributed by atoms with Crippen LogP contribution in [-0.4, -0.2) is 8.42 Å². The SMILES string of the molecule is N#Cc1ccc(NS(=O)(=O)c2ccc(Cl)c(C(F)(F)F)c2)cc1. The van der Waals surface area contributed by atoms with E-state index in [0.29, 0.717) is 11.6 Å². The molecule has 0 atom stereocenters. The summed E-state index contributed by atoms with van der Waals surface area (Å²) in [6, 6.07) is 9.59. The standard InChI is InChI=1S/C14H8ClF3N2O2S/c15-13-6-5-11(7-12(13)14(16,17)18)23(21,22)20-10-3-1-9(8-19)2-4-10/h1-7,20H. The van der Waals surface area contributed by atoms with Crippen molar-refractivity contribution in [3.63, 3.8) is 0 Å². The van der Waals surface area contributed by atoms with Gasteiger partial charge in [0.2, 0.25) is 0 Å². The summed E-state index contributed by atoms with van der Waals surface area (Å²) in [4.78, 5) is -0.571. The minimum absolute atomic E-state index is 0.118. The van der Waals surface area contributed by atoms with Gasteiger partial charge in [-0.15, -0.1) is 0 Å². The van der Waals surface area contributed by atoms with Crippen molar-refractivity contribution in [2.24, 2.45) is 0 Å². The first kappa shape index (κ1) is 17.1. The highest BCUT2D eigenvalue weighted by atomic mass is 35.5. The van der Waals surface area contributed by atoms with Gasteiger partial charge in [0, 0.05) is 5.69 Å². The van der Waals surface area contributed by atoms with Crippen LogP contribution in [-0.2, 0) is 16.2 Å². The van der Waals surface area contributed by atoms with Gasteiger partial charge in [0.05, 0.1) is 27.1 Å². The first-order valence-corrected chi connectivity index (χ1v) is 7.89. The molecule has 9 heteroatoms. The Hall–Kier alpha value is -2.24. The normalized spacial score (nSPS) is 11.8. The summed E-state index contributed by atoms with van der Waals surface area (Å²) in [6.45, 7) is 0. The highest BCUT2D eigenvalue weighted by Gasteiger charge is 2.34. The molecule has 0 aliphatic heterocycles. The van der Waals surface area contributed by atoms with Crippen molar-refractivity contribution in [3.8, 4) is 6.07 Å². The zero-order valence-corrected chi connectivity index (χ0v) is 12.8. The first-order valence-electron chi connectivity index (χ1n) is 6.03. The average Bonchev–Trinajstić information content (AvgIpc) is 2.46. The number of nitriles is 1. The van der Waals surface area contributed by atoms with Crippen LogP contribution < -0.4 is 4.72 Å². The zero-order valence-electron chi connectivity index (χ0n) is 11.2. The number of halogens is 4. The lowest BCUT2D eigenvalue weighted by Gasteiger charge is -2.12. The Labute approximate surface area is 135 Å². The predicted octanol–water partition coefficient (Wildman–Crippen LogP) is 4.03. The molecule has 0 spiro atoms. The quantitative estimate of drug-likeness (QED) is 0.898. The Morgan fingerprint density at radius 3 is 2.22 bits per heavy atom. The van der Waals surface area contributed by atoms with E-state index in [4.69, 9.17) is 16.9 Å². The summed E-state index contributed by atoms with van der Waals surface area (Å²) in [6.07, 6.45) is -4.77. The number of rotatable bonds is 3. The fourth-order valence-corrected chi connectivity index (χ4v) is 3.02. The number of hydrogen-bond donors (Lipinski definition) is 1. The third kappa shape index (κ3) is 3.94. The number of benzene rings is 2. The summed E-state index contributed by atoms with van der Waals surface area (Å²) in [7, 11) is -4.22. The second kappa shape index (κ2) is 6.10. The number of anilines is 1. The van der Waals surface area contributed by atoms with E-state index in [1.165, 1.54) is 24.3 Å². The molecule has 0 saturated carbocycles. The molecule has 0 aliphatic carbocycles. The van der Waals surface area contributed by atoms with Crippen LogP contribution in [0.1, 0.15) is 11.1 Å². The molecular formula is C14H8ClF3N2O2S. The van der Waals surface area contributed by atoms with Gasteiger partial charge in [-0.05, 0) is 42.5 Å². The Morgan fingerprint density at radius 2 is 1.70 bits per heavy atom. The van der Waals surface area contributed by atoms with E-state index in [1.807, 2.05) is 6.07 Å². The van der Waals surface area contributed by atoms with Crippen molar-refractivity contribution >= 4 is 27.3 Å². The van der Waals surface area contributed by atoms with Crippen molar-refractivity contribution in [2.75, 3.05) is 4.72 Å². The molecule has 4 nitrogen and oxygen atoms in total. The van der Waals surface area contributed by atoms with Gasteiger partial charge in [0.1, 0.15) is 0 Å². The molecule has 0 heterocycles. The maximum Gasteiger partial charge on any atom is 0.417 e. The van der Waals surface area contributed by atoms with Crippen LogP contribution in [0.4, 0.5) is 18.9 Å². The Bertz CT molecular complexity index is 872. The lowest BCUT2D eigenvalue weighted by atomic mass is 10.2. The Morgan fingerprint density at radius 1 is 1.09 bits per heavy atom. The van der Waals surface area contributed by atoms with Gasteiger partial charge in [-0.2, -0.15) is 18.4 Å². The minimum Gasteiger partial charge on any atom is -0.280 e. The molecule has 0 unspecified atom stereocenters. The number of alkyl halides is 3. The van der Waals surface area contributed by atoms with Gasteiger partial charge >= 0.3 is 6.18 Å². The molecule has 0 amide bonds. The maximum absolute atomic E-state index is 12.8. The van der Waals surface area contributed by atoms with E-state index in [0.717, 1.165) is 12.1 Å². The number of nitrogens with one attached hydrogen (secondary N) is 1. The summed E-state index contributed by atoms with van der Waals surface area (Å²) in [5.74, 6) is 0. The molecular weight excluding hydrogens is 353 g/mol. The summed E-state index contributed by atoms with van der Waals surface area (Å²) < 4.78 is 64.8. The van der Waals surface area contributed by atoms with Crippen LogP contribution >= 0.6 is 11.6 Å². The van der Waals surface area contributed by atoms with Gasteiger partial charge < -0.3 is 0 Å². The predicted molar refractivity (Wildman–Crippen MR) is 78.4 cm³/mol. The zero-order chi connectivity index (χ0) is 17.3. The van der Waals surface area contributed by atoms with Crippen LogP contribution in [0.25, 0.3) is 0 Å². The third-order valence-electron chi connectivity index (χ3n) is 2.82. The van der Waals surface area contributed by atoms with Crippen LogP contribution in [0, 0.1) is 11.3 Å². The van der Waals surface area contributed by atoms with Crippen LogP contribution in [0.5, 0.6) is 0 Å². The van der Waals surface area contributed by atoms with E-state index in [9.17, 15) is 21.6 Å². The summed E-state index contributed by atoms with van der Waals surface area (Å²) in [5, 5.41) is 8.08. The molecule has 1 N–H and O–H groups in total. The van der Waals surface area contributed by atoms with Crippen molar-refractivity contribution in [1.82, 2.24) is 0 Å². The van der Waals surface area contributed by atoms with Crippen molar-refractivity contribution < 1.29 is 21.6 Å². The largest absolute Gasteiger partial charge is 0.417 e. The maximum atomic E-state index is 12.8. The molecule has 0 saturated heterocycles. The summed E-state index contributed by atoms with van der Waals surface area (Å²) in [5.41, 5.74) is -0.798. The van der Waals surface area contributed by atoms with E-state index in [-0.39, 0.29) is 5.69 Å². The van der Waals surface area contributed by atoms with E-state index in [2.05, 4.69) is 4.72 Å². The lowest BCUT2D eigenvalue weighted by Crippen LogP contribution is -2.15. The van der Waals surface area contributed by atoms with Crippen LogP contribution in [0.2, 0.25) is 5.02 Å². The van der Waals surface area contributed by atoms with Crippen molar-refractivity contribution in [2.45, 2.75) is 11.1 Å². The smallest absolute Gasteiger partial charge is 0.280 e. The highest BCUT2D eigenvalue weighted by molar-refractivity contribution is 7.92. The fraction of sp³-hybridized carbons (Fsp3) is 0.0714. The second-order valence-corrected chi connectivity index (χ2v) is 6.52. The van der Waals surface area contributed by atoms with E-state index >= 15 is 0 Å². The van der Waals surface area contributed by atoms with Crippen molar-refractivity contribution in [1.29, 1.82) is 5.26 Å². The van der Waals surface area contributed by atoms with Gasteiger partial charge in [-0.25, -0.2) is 8.42 Å². The molecule has 120 valence electrons. The Balaban J connectivity index is 2.38. The van der Waals surface area contributed by atoms with Gasteiger partial charge in [0.15, 0.2) is 0 Å². The highest BCUT2D eigenvalue weighted by Crippen LogP contribution is 2.36. The van der Waals surface area contributed by atoms with E-state index in [1.54, 1.807) is 0 Å². The molecule has 0 bridgehead atoms. The second-order valence-electron chi connectivity index (χ2n) is 4.43. The van der Waals surface area contributed by atoms with Gasteiger partial charge in [-0.1, -0.05) is 11.6 Å². The molecule has 0 aliphatic rings. The molecule has 2 aromatic rings. The fourth-order valence-electron chi connectivity index (χ4n) is 1.72. The number of nitrogens with zero attached hydrogens (tertiary/aromatic N) is 1. The van der Waals surface area contributed by atoms with E-state index < -0.39 is 31.7 Å². The molecule has 0 fully saturated rings. The molecule has 23 heavy (non-hydrogen) atoms. The monoisotopic (exact) mass is 360 g/mol. The molecule has 2 aromatic carbocycles. The van der Waals surface area contributed by atoms with Gasteiger partial charge in [0.25, 0.3) is 10.0 Å². The van der Waals surface area contributed by atoms with Crippen LogP contribution in [0.3, 0.4) is 0 Å². The third-order valence-corrected chi connectivity index (χ3v) is 4.53. The van der Waals surface area contributed by atoms with Crippen LogP contribution in [0.15, 0.2) is 47.4 Å².